The number of aliphatic hydroxyl groups is 1. The zero-order chi connectivity index (χ0) is 21.3. The van der Waals surface area contributed by atoms with Gasteiger partial charge in [0.25, 0.3) is 0 Å². The van der Waals surface area contributed by atoms with E-state index in [2.05, 4.69) is 12.7 Å². The summed E-state index contributed by atoms with van der Waals surface area (Å²) in [5.74, 6) is -2.03. The molecule has 29 heavy (non-hydrogen) atoms. The minimum atomic E-state index is -0.658. The largest absolute Gasteiger partial charge is 0.461 e. The van der Waals surface area contributed by atoms with E-state index in [0.29, 0.717) is 12.0 Å². The Morgan fingerprint density at radius 2 is 2.10 bits per heavy atom. The number of ether oxygens (including phenoxy) is 3. The first-order valence-corrected chi connectivity index (χ1v) is 9.95. The van der Waals surface area contributed by atoms with Crippen molar-refractivity contribution in [3.05, 3.63) is 35.5 Å². The van der Waals surface area contributed by atoms with Gasteiger partial charge in [0.15, 0.2) is 0 Å². The van der Waals surface area contributed by atoms with Gasteiger partial charge in [-0.15, -0.1) is 0 Å². The maximum Gasteiger partial charge on any atom is 0.337 e. The van der Waals surface area contributed by atoms with E-state index in [4.69, 9.17) is 14.2 Å². The average Bonchev–Trinajstić information content (AvgIpc) is 3.14. The first-order valence-electron chi connectivity index (χ1n) is 9.95. The number of aliphatic hydroxyl groups excluding tert-OH is 1. The average molecular weight is 404 g/mol. The van der Waals surface area contributed by atoms with E-state index < -0.39 is 36.0 Å². The van der Waals surface area contributed by atoms with Gasteiger partial charge in [0, 0.05) is 25.0 Å². The molecule has 1 heterocycles. The highest BCUT2D eigenvalue weighted by molar-refractivity contribution is 5.92. The molecule has 7 heteroatoms. The van der Waals surface area contributed by atoms with Crippen LogP contribution in [0.2, 0.25) is 0 Å². The van der Waals surface area contributed by atoms with Crippen molar-refractivity contribution >= 4 is 17.9 Å². The highest BCUT2D eigenvalue weighted by Gasteiger charge is 2.55. The Kier molecular flexibility index (Phi) is 6.27. The lowest BCUT2D eigenvalue weighted by molar-refractivity contribution is -0.150. The smallest absolute Gasteiger partial charge is 0.337 e. The molecule has 0 bridgehead atoms. The van der Waals surface area contributed by atoms with Crippen LogP contribution in [-0.4, -0.2) is 48.4 Å². The van der Waals surface area contributed by atoms with Gasteiger partial charge in [0.1, 0.15) is 18.8 Å². The van der Waals surface area contributed by atoms with Crippen LogP contribution in [0.5, 0.6) is 0 Å². The van der Waals surface area contributed by atoms with Crippen molar-refractivity contribution < 1.29 is 33.7 Å². The normalized spacial score (nSPS) is 33.9. The van der Waals surface area contributed by atoms with E-state index in [1.54, 1.807) is 6.92 Å². The molecule has 158 valence electrons. The van der Waals surface area contributed by atoms with Crippen molar-refractivity contribution in [2.75, 3.05) is 13.2 Å². The number of hydrogen-bond donors (Lipinski definition) is 1. The summed E-state index contributed by atoms with van der Waals surface area (Å²) in [5.41, 5.74) is 1.64. The van der Waals surface area contributed by atoms with Gasteiger partial charge >= 0.3 is 17.9 Å². The highest BCUT2D eigenvalue weighted by Crippen LogP contribution is 2.51. The molecule has 1 saturated heterocycles. The number of esters is 3. The summed E-state index contributed by atoms with van der Waals surface area (Å²) in [5, 5.41) is 10.0. The monoisotopic (exact) mass is 404 g/mol. The third kappa shape index (κ3) is 4.01. The van der Waals surface area contributed by atoms with E-state index in [-0.39, 0.29) is 36.5 Å². The molecule has 0 aromatic heterocycles. The summed E-state index contributed by atoms with van der Waals surface area (Å²) in [6, 6.07) is 0. The van der Waals surface area contributed by atoms with E-state index >= 15 is 0 Å². The van der Waals surface area contributed by atoms with Crippen LogP contribution in [0.4, 0.5) is 0 Å². The third-order valence-electron chi connectivity index (χ3n) is 6.39. The lowest BCUT2D eigenvalue weighted by Crippen LogP contribution is -2.36. The Hall–Kier alpha value is -2.41. The standard InChI is InChI=1S/C22H28O7/c1-5-14(10-27-13(4)24)22(26)28-17-8-15(9-23)16-7-6-11(2)18(16)20-19(17)12(3)21(25)29-20/h5-6,15-20,23H,3,7-10H2,1-2,4H3. The Labute approximate surface area is 170 Å². The van der Waals surface area contributed by atoms with Gasteiger partial charge in [-0.05, 0) is 38.5 Å². The number of fused-ring (bicyclic) bond motifs is 3. The van der Waals surface area contributed by atoms with Crippen LogP contribution in [-0.2, 0) is 28.6 Å². The van der Waals surface area contributed by atoms with Gasteiger partial charge < -0.3 is 19.3 Å². The molecule has 2 fully saturated rings. The number of carbonyl (C=O) groups is 3. The maximum absolute atomic E-state index is 12.7. The Morgan fingerprint density at radius 1 is 1.38 bits per heavy atom. The fraction of sp³-hybridized carbons (Fsp3) is 0.591. The second kappa shape index (κ2) is 8.53. The van der Waals surface area contributed by atoms with Gasteiger partial charge in [-0.25, -0.2) is 9.59 Å². The molecule has 1 saturated carbocycles. The van der Waals surface area contributed by atoms with Crippen molar-refractivity contribution in [1.29, 1.82) is 0 Å². The third-order valence-corrected chi connectivity index (χ3v) is 6.39. The molecule has 7 nitrogen and oxygen atoms in total. The quantitative estimate of drug-likeness (QED) is 0.324. The van der Waals surface area contributed by atoms with Crippen LogP contribution in [0.3, 0.4) is 0 Å². The summed E-state index contributed by atoms with van der Waals surface area (Å²) < 4.78 is 16.4. The maximum atomic E-state index is 12.7. The highest BCUT2D eigenvalue weighted by atomic mass is 16.6. The molecule has 0 aromatic carbocycles. The first-order chi connectivity index (χ1) is 13.8. The summed E-state index contributed by atoms with van der Waals surface area (Å²) in [7, 11) is 0. The Morgan fingerprint density at radius 3 is 2.72 bits per heavy atom. The van der Waals surface area contributed by atoms with E-state index in [1.165, 1.54) is 13.0 Å². The molecule has 0 amide bonds. The SMILES string of the molecule is C=C1C(=O)OC2C1C(OC(=O)C(=CC)COC(C)=O)CC(CO)C1CC=C(C)C12. The summed E-state index contributed by atoms with van der Waals surface area (Å²) in [6.45, 7) is 8.61. The van der Waals surface area contributed by atoms with Gasteiger partial charge in [-0.3, -0.25) is 4.79 Å². The second-order valence-electron chi connectivity index (χ2n) is 8.01. The van der Waals surface area contributed by atoms with Crippen molar-refractivity contribution in [3.63, 3.8) is 0 Å². The van der Waals surface area contributed by atoms with Crippen LogP contribution < -0.4 is 0 Å². The van der Waals surface area contributed by atoms with Crippen molar-refractivity contribution in [1.82, 2.24) is 0 Å². The topological polar surface area (TPSA) is 99.1 Å². The fourth-order valence-electron chi connectivity index (χ4n) is 4.87. The summed E-state index contributed by atoms with van der Waals surface area (Å²) in [6.07, 6.45) is 3.75. The first kappa shape index (κ1) is 21.3. The number of rotatable bonds is 5. The molecule has 6 unspecified atom stereocenters. The predicted octanol–water partition coefficient (Wildman–Crippen LogP) is 2.10. The molecule has 3 rings (SSSR count). The summed E-state index contributed by atoms with van der Waals surface area (Å²) >= 11 is 0. The van der Waals surface area contributed by atoms with Crippen molar-refractivity contribution in [2.24, 2.45) is 23.7 Å². The van der Waals surface area contributed by atoms with Gasteiger partial charge in [-0.1, -0.05) is 24.3 Å². The zero-order valence-electron chi connectivity index (χ0n) is 17.1. The molecule has 0 radical (unpaired) electrons. The van der Waals surface area contributed by atoms with Crippen LogP contribution in [0.15, 0.2) is 35.5 Å². The minimum absolute atomic E-state index is 0.0220. The second-order valence-corrected chi connectivity index (χ2v) is 8.01. The lowest BCUT2D eigenvalue weighted by atomic mass is 9.78. The van der Waals surface area contributed by atoms with Crippen molar-refractivity contribution in [2.45, 2.75) is 45.8 Å². The molecule has 0 aromatic rings. The molecular weight excluding hydrogens is 376 g/mol. The molecule has 1 aliphatic heterocycles. The van der Waals surface area contributed by atoms with Gasteiger partial charge in [0.05, 0.1) is 11.5 Å². The number of hydrogen-bond acceptors (Lipinski definition) is 7. The van der Waals surface area contributed by atoms with Crippen molar-refractivity contribution in [3.8, 4) is 0 Å². The van der Waals surface area contributed by atoms with Gasteiger partial charge in [0.2, 0.25) is 0 Å². The van der Waals surface area contributed by atoms with E-state index in [9.17, 15) is 19.5 Å². The van der Waals surface area contributed by atoms with Crippen LogP contribution in [0, 0.1) is 23.7 Å². The zero-order valence-corrected chi connectivity index (χ0v) is 17.1. The Bertz CT molecular complexity index is 778. The molecular formula is C22H28O7. The van der Waals surface area contributed by atoms with Gasteiger partial charge in [-0.2, -0.15) is 0 Å². The van der Waals surface area contributed by atoms with Crippen LogP contribution in [0.1, 0.15) is 33.6 Å². The van der Waals surface area contributed by atoms with E-state index in [1.807, 2.05) is 6.92 Å². The fourth-order valence-corrected chi connectivity index (χ4v) is 4.87. The minimum Gasteiger partial charge on any atom is -0.461 e. The predicted molar refractivity (Wildman–Crippen MR) is 103 cm³/mol. The lowest BCUT2D eigenvalue weighted by Gasteiger charge is -2.29. The molecule has 0 spiro atoms. The number of carbonyl (C=O) groups excluding carboxylic acids is 3. The molecule has 1 N–H and O–H groups in total. The molecule has 2 aliphatic carbocycles. The molecule has 6 atom stereocenters. The van der Waals surface area contributed by atoms with E-state index in [0.717, 1.165) is 12.0 Å². The summed E-state index contributed by atoms with van der Waals surface area (Å²) in [4.78, 5) is 36.1. The van der Waals surface area contributed by atoms with Crippen LogP contribution >= 0.6 is 0 Å². The Balaban J connectivity index is 1.87. The van der Waals surface area contributed by atoms with Crippen LogP contribution in [0.25, 0.3) is 0 Å². The molecule has 3 aliphatic rings. The number of allylic oxidation sites excluding steroid dienone is 2.